The number of aromatic nitrogens is 1. The molecule has 0 unspecified atom stereocenters. The summed E-state index contributed by atoms with van der Waals surface area (Å²) in [5, 5.41) is 0. The van der Waals surface area contributed by atoms with Gasteiger partial charge >= 0.3 is 0 Å². The van der Waals surface area contributed by atoms with E-state index in [4.69, 9.17) is 9.47 Å². The van der Waals surface area contributed by atoms with E-state index in [-0.39, 0.29) is 0 Å². The predicted molar refractivity (Wildman–Crippen MR) is 65.7 cm³/mol. The number of aryl methyl sites for hydroxylation is 1. The molecule has 0 N–H and O–H groups in total. The minimum Gasteiger partial charge on any atom is -0.487 e. The van der Waals surface area contributed by atoms with Crippen LogP contribution in [0, 0.1) is 0 Å². The molecule has 4 heteroatoms. The van der Waals surface area contributed by atoms with Crippen LogP contribution in [-0.2, 0) is 11.2 Å². The standard InChI is InChI=1S/C13H18N2O2/c1-3-9-4-5-14-13-12(9)17-8-10-6-11(16-2)7-15(10)13/h4-5,10-11H,3,6-8H2,1-2H3/t10-,11-/m0/s1. The smallest absolute Gasteiger partial charge is 0.172 e. The van der Waals surface area contributed by atoms with Crippen LogP contribution in [0.25, 0.3) is 0 Å². The molecule has 1 aromatic heterocycles. The van der Waals surface area contributed by atoms with E-state index in [2.05, 4.69) is 16.8 Å². The number of hydrogen-bond donors (Lipinski definition) is 0. The number of pyridine rings is 1. The summed E-state index contributed by atoms with van der Waals surface area (Å²) in [5.74, 6) is 1.98. The third-order valence-electron chi connectivity index (χ3n) is 3.75. The Morgan fingerprint density at radius 2 is 2.47 bits per heavy atom. The fourth-order valence-electron chi connectivity index (χ4n) is 2.76. The van der Waals surface area contributed by atoms with Gasteiger partial charge in [0.1, 0.15) is 6.61 Å². The second kappa shape index (κ2) is 4.18. The minimum atomic E-state index is 0.307. The number of fused-ring (bicyclic) bond motifs is 3. The van der Waals surface area contributed by atoms with E-state index >= 15 is 0 Å². The van der Waals surface area contributed by atoms with E-state index in [1.165, 1.54) is 5.56 Å². The molecule has 0 aromatic carbocycles. The molecule has 4 nitrogen and oxygen atoms in total. The Morgan fingerprint density at radius 3 is 3.24 bits per heavy atom. The summed E-state index contributed by atoms with van der Waals surface area (Å²) in [5.41, 5.74) is 1.24. The molecular formula is C13H18N2O2. The highest BCUT2D eigenvalue weighted by atomic mass is 16.5. The Hall–Kier alpha value is -1.29. The number of ether oxygens (including phenoxy) is 2. The van der Waals surface area contributed by atoms with E-state index < -0.39 is 0 Å². The first-order valence-electron chi connectivity index (χ1n) is 6.23. The van der Waals surface area contributed by atoms with Crippen LogP contribution in [-0.4, -0.2) is 37.4 Å². The first-order chi connectivity index (χ1) is 8.33. The summed E-state index contributed by atoms with van der Waals surface area (Å²) >= 11 is 0. The van der Waals surface area contributed by atoms with Crippen molar-refractivity contribution in [2.24, 2.45) is 0 Å². The van der Waals surface area contributed by atoms with Gasteiger partial charge in [0.15, 0.2) is 11.6 Å². The molecule has 0 saturated carbocycles. The Bertz CT molecular complexity index is 422. The van der Waals surface area contributed by atoms with Crippen LogP contribution in [0.3, 0.4) is 0 Å². The second-order valence-corrected chi connectivity index (χ2v) is 4.69. The lowest BCUT2D eigenvalue weighted by atomic mass is 10.1. The zero-order valence-corrected chi connectivity index (χ0v) is 10.3. The lowest BCUT2D eigenvalue weighted by Gasteiger charge is -2.32. The van der Waals surface area contributed by atoms with E-state index in [1.54, 1.807) is 7.11 Å². The van der Waals surface area contributed by atoms with Crippen LogP contribution >= 0.6 is 0 Å². The highest BCUT2D eigenvalue weighted by molar-refractivity contribution is 5.59. The maximum absolute atomic E-state index is 5.89. The van der Waals surface area contributed by atoms with Gasteiger partial charge in [0, 0.05) is 19.9 Å². The average Bonchev–Trinajstić information content (AvgIpc) is 2.81. The SMILES string of the molecule is CCc1ccnc2c1OC[C@@H]1C[C@H](OC)CN21. The molecule has 3 rings (SSSR count). The molecular weight excluding hydrogens is 216 g/mol. The van der Waals surface area contributed by atoms with Crippen molar-refractivity contribution in [2.45, 2.75) is 31.9 Å². The van der Waals surface area contributed by atoms with E-state index in [0.717, 1.165) is 37.6 Å². The van der Waals surface area contributed by atoms with Gasteiger partial charge in [0.05, 0.1) is 12.1 Å². The summed E-state index contributed by atoms with van der Waals surface area (Å²) in [7, 11) is 1.78. The molecule has 0 spiro atoms. The van der Waals surface area contributed by atoms with Crippen LogP contribution in [0.1, 0.15) is 18.9 Å². The third-order valence-corrected chi connectivity index (χ3v) is 3.75. The van der Waals surface area contributed by atoms with Gasteiger partial charge in [-0.2, -0.15) is 0 Å². The molecule has 2 aliphatic rings. The van der Waals surface area contributed by atoms with Gasteiger partial charge < -0.3 is 14.4 Å². The first-order valence-corrected chi connectivity index (χ1v) is 6.23. The maximum atomic E-state index is 5.89. The maximum Gasteiger partial charge on any atom is 0.172 e. The van der Waals surface area contributed by atoms with Crippen LogP contribution in [0.2, 0.25) is 0 Å². The number of methoxy groups -OCH3 is 1. The van der Waals surface area contributed by atoms with Crippen molar-refractivity contribution in [1.82, 2.24) is 4.98 Å². The summed E-state index contributed by atoms with van der Waals surface area (Å²) in [6.45, 7) is 3.83. The number of nitrogens with zero attached hydrogens (tertiary/aromatic N) is 2. The van der Waals surface area contributed by atoms with Gasteiger partial charge in [0.2, 0.25) is 0 Å². The van der Waals surface area contributed by atoms with Gasteiger partial charge in [-0.1, -0.05) is 6.92 Å². The Balaban J connectivity index is 1.97. The van der Waals surface area contributed by atoms with Crippen LogP contribution in [0.5, 0.6) is 5.75 Å². The van der Waals surface area contributed by atoms with Crippen molar-refractivity contribution in [3.8, 4) is 5.75 Å². The molecule has 0 aliphatic carbocycles. The van der Waals surface area contributed by atoms with E-state index in [0.29, 0.717) is 12.1 Å². The van der Waals surface area contributed by atoms with Crippen molar-refractivity contribution in [3.63, 3.8) is 0 Å². The minimum absolute atomic E-state index is 0.307. The average molecular weight is 234 g/mol. The van der Waals surface area contributed by atoms with Crippen LogP contribution in [0.15, 0.2) is 12.3 Å². The molecule has 0 amide bonds. The summed E-state index contributed by atoms with van der Waals surface area (Å²) in [6.07, 6.45) is 4.20. The van der Waals surface area contributed by atoms with Gasteiger partial charge in [0.25, 0.3) is 0 Å². The van der Waals surface area contributed by atoms with Crippen molar-refractivity contribution in [2.75, 3.05) is 25.2 Å². The quantitative estimate of drug-likeness (QED) is 0.779. The summed E-state index contributed by atoms with van der Waals surface area (Å²) in [4.78, 5) is 6.82. The fourth-order valence-corrected chi connectivity index (χ4v) is 2.76. The monoisotopic (exact) mass is 234 g/mol. The highest BCUT2D eigenvalue weighted by Crippen LogP contribution is 2.39. The van der Waals surface area contributed by atoms with Gasteiger partial charge in [-0.05, 0) is 24.5 Å². The lowest BCUT2D eigenvalue weighted by Crippen LogP contribution is -2.39. The zero-order valence-electron chi connectivity index (χ0n) is 10.3. The zero-order chi connectivity index (χ0) is 11.8. The topological polar surface area (TPSA) is 34.6 Å². The van der Waals surface area contributed by atoms with Crippen molar-refractivity contribution in [3.05, 3.63) is 17.8 Å². The second-order valence-electron chi connectivity index (χ2n) is 4.69. The molecule has 1 fully saturated rings. The Kier molecular flexibility index (Phi) is 2.67. The first kappa shape index (κ1) is 10.8. The van der Waals surface area contributed by atoms with Gasteiger partial charge in [-0.25, -0.2) is 4.98 Å². The number of rotatable bonds is 2. The molecule has 0 bridgehead atoms. The van der Waals surface area contributed by atoms with Crippen LogP contribution in [0.4, 0.5) is 5.82 Å². The third kappa shape index (κ3) is 1.67. The lowest BCUT2D eigenvalue weighted by molar-refractivity contribution is 0.116. The molecule has 1 aromatic rings. The largest absolute Gasteiger partial charge is 0.487 e. The molecule has 1 saturated heterocycles. The molecule has 2 atom stereocenters. The predicted octanol–water partition coefficient (Wildman–Crippen LogP) is 1.63. The van der Waals surface area contributed by atoms with E-state index in [1.807, 2.05) is 12.3 Å². The van der Waals surface area contributed by atoms with Crippen molar-refractivity contribution >= 4 is 5.82 Å². The normalized spacial score (nSPS) is 26.4. The summed E-state index contributed by atoms with van der Waals surface area (Å²) in [6, 6.07) is 2.47. The molecule has 2 aliphatic heterocycles. The van der Waals surface area contributed by atoms with Crippen molar-refractivity contribution < 1.29 is 9.47 Å². The molecule has 92 valence electrons. The Labute approximate surface area is 102 Å². The Morgan fingerprint density at radius 1 is 1.59 bits per heavy atom. The number of anilines is 1. The van der Waals surface area contributed by atoms with Gasteiger partial charge in [-0.15, -0.1) is 0 Å². The van der Waals surface area contributed by atoms with Crippen LogP contribution < -0.4 is 9.64 Å². The molecule has 0 radical (unpaired) electrons. The number of hydrogen-bond acceptors (Lipinski definition) is 4. The van der Waals surface area contributed by atoms with Gasteiger partial charge in [-0.3, -0.25) is 0 Å². The molecule has 3 heterocycles. The molecule has 17 heavy (non-hydrogen) atoms. The van der Waals surface area contributed by atoms with Crippen molar-refractivity contribution in [1.29, 1.82) is 0 Å². The highest BCUT2D eigenvalue weighted by Gasteiger charge is 2.38. The van der Waals surface area contributed by atoms with E-state index in [9.17, 15) is 0 Å². The fraction of sp³-hybridized carbons (Fsp3) is 0.615. The summed E-state index contributed by atoms with van der Waals surface area (Å²) < 4.78 is 11.3.